The molecular formula is C19H28N2O2. The topological polar surface area (TPSA) is 43.8 Å². The Balaban J connectivity index is 1.57. The molecule has 4 heteroatoms. The number of hydrogen-bond acceptors (Lipinski definition) is 3. The minimum Gasteiger partial charge on any atom is -0.393 e. The minimum absolute atomic E-state index is 0.219. The van der Waals surface area contributed by atoms with Crippen LogP contribution >= 0.6 is 0 Å². The molecule has 0 bridgehead atoms. The first kappa shape index (κ1) is 16.5. The molecule has 0 aliphatic carbocycles. The summed E-state index contributed by atoms with van der Waals surface area (Å²) in [6.45, 7) is 3.46. The van der Waals surface area contributed by atoms with Crippen molar-refractivity contribution in [1.29, 1.82) is 0 Å². The first-order valence-electron chi connectivity index (χ1n) is 8.96. The zero-order chi connectivity index (χ0) is 16.1. The zero-order valence-corrected chi connectivity index (χ0v) is 13.9. The molecule has 2 aliphatic rings. The lowest BCUT2D eigenvalue weighted by atomic mass is 9.97. The van der Waals surface area contributed by atoms with Crippen LogP contribution in [0.15, 0.2) is 30.3 Å². The molecule has 0 spiro atoms. The van der Waals surface area contributed by atoms with Crippen LogP contribution in [0.1, 0.15) is 44.1 Å². The second-order valence-corrected chi connectivity index (χ2v) is 6.92. The summed E-state index contributed by atoms with van der Waals surface area (Å²) in [5, 5.41) is 9.59. The monoisotopic (exact) mass is 316 g/mol. The van der Waals surface area contributed by atoms with E-state index in [4.69, 9.17) is 0 Å². The van der Waals surface area contributed by atoms with Gasteiger partial charge in [-0.2, -0.15) is 0 Å². The minimum atomic E-state index is -0.219. The van der Waals surface area contributed by atoms with Crippen molar-refractivity contribution in [2.24, 2.45) is 0 Å². The quantitative estimate of drug-likeness (QED) is 0.928. The molecule has 0 radical (unpaired) electrons. The molecule has 0 aromatic heterocycles. The van der Waals surface area contributed by atoms with Crippen LogP contribution in [0.5, 0.6) is 0 Å². The normalized spacial score (nSPS) is 23.9. The number of rotatable bonds is 4. The molecule has 2 saturated heterocycles. The van der Waals surface area contributed by atoms with Crippen molar-refractivity contribution in [3.8, 4) is 0 Å². The molecule has 1 atom stereocenters. The summed E-state index contributed by atoms with van der Waals surface area (Å²) in [6.07, 6.45) is 5.44. The van der Waals surface area contributed by atoms with Crippen LogP contribution in [-0.2, 0) is 11.3 Å². The molecule has 2 heterocycles. The Bertz CT molecular complexity index is 497. The highest BCUT2D eigenvalue weighted by Gasteiger charge is 2.28. The third-order valence-electron chi connectivity index (χ3n) is 5.20. The Morgan fingerprint density at radius 3 is 2.52 bits per heavy atom. The van der Waals surface area contributed by atoms with E-state index in [0.29, 0.717) is 25.6 Å². The number of hydrogen-bond donors (Lipinski definition) is 1. The van der Waals surface area contributed by atoms with Gasteiger partial charge in [0.25, 0.3) is 0 Å². The highest BCUT2D eigenvalue weighted by atomic mass is 16.3. The Kier molecular flexibility index (Phi) is 5.68. The molecule has 4 nitrogen and oxygen atoms in total. The summed E-state index contributed by atoms with van der Waals surface area (Å²) in [6, 6.07) is 10.9. The van der Waals surface area contributed by atoms with E-state index in [2.05, 4.69) is 29.2 Å². The van der Waals surface area contributed by atoms with Crippen LogP contribution in [0.25, 0.3) is 0 Å². The van der Waals surface area contributed by atoms with Gasteiger partial charge in [0.15, 0.2) is 0 Å². The first-order valence-corrected chi connectivity index (χ1v) is 8.96. The number of amides is 1. The lowest BCUT2D eigenvalue weighted by Gasteiger charge is -2.37. The Morgan fingerprint density at radius 2 is 1.78 bits per heavy atom. The molecule has 2 aliphatic heterocycles. The van der Waals surface area contributed by atoms with Crippen molar-refractivity contribution >= 4 is 5.91 Å². The van der Waals surface area contributed by atoms with E-state index in [1.807, 2.05) is 11.0 Å². The highest BCUT2D eigenvalue weighted by Crippen LogP contribution is 2.23. The van der Waals surface area contributed by atoms with E-state index < -0.39 is 0 Å². The molecule has 3 rings (SSSR count). The van der Waals surface area contributed by atoms with Crippen molar-refractivity contribution in [3.05, 3.63) is 35.9 Å². The molecule has 2 fully saturated rings. The van der Waals surface area contributed by atoms with Gasteiger partial charge in [0, 0.05) is 32.1 Å². The summed E-state index contributed by atoms with van der Waals surface area (Å²) in [7, 11) is 0. The van der Waals surface area contributed by atoms with Crippen molar-refractivity contribution in [3.63, 3.8) is 0 Å². The van der Waals surface area contributed by atoms with E-state index in [1.165, 1.54) is 18.4 Å². The molecule has 126 valence electrons. The number of benzene rings is 1. The van der Waals surface area contributed by atoms with Gasteiger partial charge >= 0.3 is 0 Å². The molecule has 0 saturated carbocycles. The van der Waals surface area contributed by atoms with Gasteiger partial charge in [0.05, 0.1) is 6.10 Å². The number of piperidine rings is 2. The number of carbonyl (C=O) groups is 1. The number of carbonyl (C=O) groups excluding carboxylic acids is 1. The molecule has 1 amide bonds. The SMILES string of the molecule is O=C(CC1CCCCN1Cc1ccccc1)N1CCC(O)CC1. The second kappa shape index (κ2) is 7.93. The average Bonchev–Trinajstić information content (AvgIpc) is 2.58. The van der Waals surface area contributed by atoms with Crippen LogP contribution in [0.2, 0.25) is 0 Å². The van der Waals surface area contributed by atoms with E-state index in [1.54, 1.807) is 0 Å². The van der Waals surface area contributed by atoms with Crippen LogP contribution in [0, 0.1) is 0 Å². The van der Waals surface area contributed by atoms with Crippen molar-refractivity contribution in [2.75, 3.05) is 19.6 Å². The maximum Gasteiger partial charge on any atom is 0.224 e. The highest BCUT2D eigenvalue weighted by molar-refractivity contribution is 5.77. The van der Waals surface area contributed by atoms with Crippen molar-refractivity contribution in [1.82, 2.24) is 9.80 Å². The first-order chi connectivity index (χ1) is 11.2. The van der Waals surface area contributed by atoms with Gasteiger partial charge in [-0.1, -0.05) is 36.8 Å². The van der Waals surface area contributed by atoms with Gasteiger partial charge in [0.1, 0.15) is 0 Å². The standard InChI is InChI=1S/C19H28N2O2/c22-18-9-12-20(13-10-18)19(23)14-17-8-4-5-11-21(17)15-16-6-2-1-3-7-16/h1-3,6-7,17-18,22H,4-5,8-15H2. The van der Waals surface area contributed by atoms with Gasteiger partial charge in [0.2, 0.25) is 5.91 Å². The van der Waals surface area contributed by atoms with E-state index in [0.717, 1.165) is 32.4 Å². The third-order valence-corrected chi connectivity index (χ3v) is 5.20. The molecule has 1 aromatic rings. The molecule has 23 heavy (non-hydrogen) atoms. The van der Waals surface area contributed by atoms with Gasteiger partial charge in [-0.3, -0.25) is 9.69 Å². The predicted octanol–water partition coefficient (Wildman–Crippen LogP) is 2.41. The molecule has 1 N–H and O–H groups in total. The maximum atomic E-state index is 12.6. The van der Waals surface area contributed by atoms with Gasteiger partial charge in [-0.25, -0.2) is 0 Å². The van der Waals surface area contributed by atoms with Crippen molar-refractivity contribution in [2.45, 2.75) is 57.2 Å². The fourth-order valence-corrected chi connectivity index (χ4v) is 3.76. The average molecular weight is 316 g/mol. The lowest BCUT2D eigenvalue weighted by Crippen LogP contribution is -2.45. The molecule has 1 unspecified atom stereocenters. The predicted molar refractivity (Wildman–Crippen MR) is 90.9 cm³/mol. The van der Waals surface area contributed by atoms with E-state index >= 15 is 0 Å². The lowest BCUT2D eigenvalue weighted by molar-refractivity contribution is -0.134. The van der Waals surface area contributed by atoms with Gasteiger partial charge < -0.3 is 10.0 Å². The fourth-order valence-electron chi connectivity index (χ4n) is 3.76. The van der Waals surface area contributed by atoms with Gasteiger partial charge in [-0.05, 0) is 37.8 Å². The largest absolute Gasteiger partial charge is 0.393 e. The Labute approximate surface area is 139 Å². The van der Waals surface area contributed by atoms with Crippen LogP contribution in [0.4, 0.5) is 0 Å². The number of aliphatic hydroxyl groups is 1. The summed E-state index contributed by atoms with van der Waals surface area (Å²) in [4.78, 5) is 17.0. The maximum absolute atomic E-state index is 12.6. The number of aliphatic hydroxyl groups excluding tert-OH is 1. The van der Waals surface area contributed by atoms with E-state index in [9.17, 15) is 9.90 Å². The summed E-state index contributed by atoms with van der Waals surface area (Å²) >= 11 is 0. The third kappa shape index (κ3) is 4.55. The summed E-state index contributed by atoms with van der Waals surface area (Å²) in [5.74, 6) is 0.266. The Morgan fingerprint density at radius 1 is 1.04 bits per heavy atom. The fraction of sp³-hybridized carbons (Fsp3) is 0.632. The molecular weight excluding hydrogens is 288 g/mol. The number of likely N-dealkylation sites (tertiary alicyclic amines) is 2. The number of nitrogens with zero attached hydrogens (tertiary/aromatic N) is 2. The van der Waals surface area contributed by atoms with Crippen molar-refractivity contribution < 1.29 is 9.90 Å². The van der Waals surface area contributed by atoms with Gasteiger partial charge in [-0.15, -0.1) is 0 Å². The van der Waals surface area contributed by atoms with Crippen LogP contribution in [-0.4, -0.2) is 52.6 Å². The zero-order valence-electron chi connectivity index (χ0n) is 13.9. The second-order valence-electron chi connectivity index (χ2n) is 6.92. The smallest absolute Gasteiger partial charge is 0.224 e. The van der Waals surface area contributed by atoms with Crippen LogP contribution in [0.3, 0.4) is 0 Å². The van der Waals surface area contributed by atoms with E-state index in [-0.39, 0.29) is 12.0 Å². The van der Waals surface area contributed by atoms with Crippen LogP contribution < -0.4 is 0 Å². The summed E-state index contributed by atoms with van der Waals surface area (Å²) < 4.78 is 0. The summed E-state index contributed by atoms with van der Waals surface area (Å²) in [5.41, 5.74) is 1.33. The molecule has 1 aromatic carbocycles. The Hall–Kier alpha value is -1.39.